The number of nitriles is 1. The average Bonchev–Trinajstić information content (AvgIpc) is 2.50. The van der Waals surface area contributed by atoms with Gasteiger partial charge in [-0.1, -0.05) is 12.1 Å². The van der Waals surface area contributed by atoms with E-state index >= 15 is 0 Å². The molecule has 0 aliphatic rings. The van der Waals surface area contributed by atoms with Gasteiger partial charge in [-0.2, -0.15) is 5.26 Å². The second-order valence-electron chi connectivity index (χ2n) is 4.67. The SMILES string of the molecule is CCNc1ccc(C(=O)Nc2ccccc2C#N)cc1C. The fourth-order valence-electron chi connectivity index (χ4n) is 2.08. The lowest BCUT2D eigenvalue weighted by Crippen LogP contribution is -2.13. The second kappa shape index (κ2) is 6.58. The number of carbonyl (C=O) groups is 1. The molecule has 21 heavy (non-hydrogen) atoms. The van der Waals surface area contributed by atoms with Crippen LogP contribution in [0.25, 0.3) is 0 Å². The molecule has 2 N–H and O–H groups in total. The van der Waals surface area contributed by atoms with Crippen molar-refractivity contribution in [1.29, 1.82) is 5.26 Å². The maximum atomic E-state index is 12.3. The standard InChI is InChI=1S/C17H17N3O/c1-3-19-15-9-8-13(10-12(15)2)17(21)20-16-7-5-4-6-14(16)11-18/h4-10,19H,3H2,1-2H3,(H,20,21). The predicted octanol–water partition coefficient (Wildman–Crippen LogP) is 3.55. The molecule has 0 bridgehead atoms. The number of rotatable bonds is 4. The lowest BCUT2D eigenvalue weighted by Gasteiger charge is -2.10. The van der Waals surface area contributed by atoms with Crippen LogP contribution < -0.4 is 10.6 Å². The Morgan fingerprint density at radius 2 is 1.95 bits per heavy atom. The van der Waals surface area contributed by atoms with E-state index in [1.165, 1.54) is 0 Å². The van der Waals surface area contributed by atoms with Gasteiger partial charge in [0.05, 0.1) is 11.3 Å². The topological polar surface area (TPSA) is 64.9 Å². The van der Waals surface area contributed by atoms with Crippen LogP contribution >= 0.6 is 0 Å². The first-order chi connectivity index (χ1) is 10.2. The molecule has 0 spiro atoms. The summed E-state index contributed by atoms with van der Waals surface area (Å²) in [5.41, 5.74) is 3.58. The van der Waals surface area contributed by atoms with E-state index in [0.29, 0.717) is 16.8 Å². The number of carbonyl (C=O) groups excluding carboxylic acids is 1. The van der Waals surface area contributed by atoms with Crippen molar-refractivity contribution in [3.8, 4) is 6.07 Å². The number of aryl methyl sites for hydroxylation is 1. The number of hydrogen-bond acceptors (Lipinski definition) is 3. The maximum Gasteiger partial charge on any atom is 0.255 e. The minimum absolute atomic E-state index is 0.219. The fourth-order valence-corrected chi connectivity index (χ4v) is 2.08. The first kappa shape index (κ1) is 14.6. The van der Waals surface area contributed by atoms with E-state index in [1.54, 1.807) is 30.3 Å². The van der Waals surface area contributed by atoms with Gasteiger partial charge in [-0.05, 0) is 49.7 Å². The Hall–Kier alpha value is -2.80. The Morgan fingerprint density at radius 3 is 2.62 bits per heavy atom. The average molecular weight is 279 g/mol. The van der Waals surface area contributed by atoms with Crippen molar-refractivity contribution in [3.05, 3.63) is 59.2 Å². The molecule has 0 aliphatic heterocycles. The summed E-state index contributed by atoms with van der Waals surface area (Å²) in [4.78, 5) is 12.3. The molecule has 2 rings (SSSR count). The van der Waals surface area contributed by atoms with Crippen LogP contribution in [0.15, 0.2) is 42.5 Å². The Bertz CT molecular complexity index is 701. The first-order valence-electron chi connectivity index (χ1n) is 6.80. The van der Waals surface area contributed by atoms with Crippen LogP contribution in [0.1, 0.15) is 28.4 Å². The molecule has 2 aromatic carbocycles. The molecule has 0 saturated heterocycles. The van der Waals surface area contributed by atoms with Crippen molar-refractivity contribution in [1.82, 2.24) is 0 Å². The lowest BCUT2D eigenvalue weighted by molar-refractivity contribution is 0.102. The zero-order chi connectivity index (χ0) is 15.2. The van der Waals surface area contributed by atoms with Crippen molar-refractivity contribution >= 4 is 17.3 Å². The molecule has 106 valence electrons. The number of para-hydroxylation sites is 1. The van der Waals surface area contributed by atoms with E-state index in [-0.39, 0.29) is 5.91 Å². The van der Waals surface area contributed by atoms with Crippen LogP contribution in [0.2, 0.25) is 0 Å². The minimum atomic E-state index is -0.219. The maximum absolute atomic E-state index is 12.3. The molecule has 0 aliphatic carbocycles. The molecule has 0 heterocycles. The van der Waals surface area contributed by atoms with Crippen molar-refractivity contribution in [2.45, 2.75) is 13.8 Å². The van der Waals surface area contributed by atoms with Crippen LogP contribution in [-0.2, 0) is 0 Å². The molecule has 4 nitrogen and oxygen atoms in total. The Morgan fingerprint density at radius 1 is 1.19 bits per heavy atom. The third kappa shape index (κ3) is 3.40. The van der Waals surface area contributed by atoms with Crippen LogP contribution in [0.5, 0.6) is 0 Å². The second-order valence-corrected chi connectivity index (χ2v) is 4.67. The van der Waals surface area contributed by atoms with Crippen LogP contribution in [0.4, 0.5) is 11.4 Å². The molecular weight excluding hydrogens is 262 g/mol. The van der Waals surface area contributed by atoms with E-state index in [1.807, 2.05) is 26.0 Å². The molecule has 0 fully saturated rings. The molecule has 0 saturated carbocycles. The largest absolute Gasteiger partial charge is 0.385 e. The first-order valence-corrected chi connectivity index (χ1v) is 6.80. The Labute approximate surface area is 124 Å². The molecule has 0 aromatic heterocycles. The highest BCUT2D eigenvalue weighted by Crippen LogP contribution is 2.19. The van der Waals surface area contributed by atoms with Gasteiger partial charge in [0.25, 0.3) is 5.91 Å². The van der Waals surface area contributed by atoms with Gasteiger partial charge in [0.1, 0.15) is 6.07 Å². The molecule has 0 atom stereocenters. The van der Waals surface area contributed by atoms with E-state index in [0.717, 1.165) is 17.8 Å². The summed E-state index contributed by atoms with van der Waals surface area (Å²) in [5, 5.41) is 15.0. The predicted molar refractivity (Wildman–Crippen MR) is 84.5 cm³/mol. The quantitative estimate of drug-likeness (QED) is 0.899. The van der Waals surface area contributed by atoms with E-state index in [2.05, 4.69) is 16.7 Å². The highest BCUT2D eigenvalue weighted by Gasteiger charge is 2.10. The molecule has 1 amide bonds. The normalized spacial score (nSPS) is 9.76. The van der Waals surface area contributed by atoms with Crippen molar-refractivity contribution in [2.75, 3.05) is 17.2 Å². The summed E-state index contributed by atoms with van der Waals surface area (Å²) in [6.45, 7) is 4.82. The van der Waals surface area contributed by atoms with Gasteiger partial charge in [-0.25, -0.2) is 0 Å². The smallest absolute Gasteiger partial charge is 0.255 e. The monoisotopic (exact) mass is 279 g/mol. The van der Waals surface area contributed by atoms with Gasteiger partial charge < -0.3 is 10.6 Å². The van der Waals surface area contributed by atoms with Gasteiger partial charge in [-0.3, -0.25) is 4.79 Å². The number of anilines is 2. The van der Waals surface area contributed by atoms with Gasteiger partial charge in [-0.15, -0.1) is 0 Å². The van der Waals surface area contributed by atoms with Gasteiger partial charge in [0, 0.05) is 17.8 Å². The molecule has 0 unspecified atom stereocenters. The Balaban J connectivity index is 2.21. The number of benzene rings is 2. The molecule has 2 aromatic rings. The molecule has 4 heteroatoms. The van der Waals surface area contributed by atoms with E-state index in [4.69, 9.17) is 5.26 Å². The summed E-state index contributed by atoms with van der Waals surface area (Å²) < 4.78 is 0. The highest BCUT2D eigenvalue weighted by atomic mass is 16.1. The van der Waals surface area contributed by atoms with Crippen LogP contribution in [0.3, 0.4) is 0 Å². The summed E-state index contributed by atoms with van der Waals surface area (Å²) in [6.07, 6.45) is 0. The number of amides is 1. The summed E-state index contributed by atoms with van der Waals surface area (Å²) in [7, 11) is 0. The minimum Gasteiger partial charge on any atom is -0.385 e. The highest BCUT2D eigenvalue weighted by molar-refractivity contribution is 6.05. The van der Waals surface area contributed by atoms with E-state index in [9.17, 15) is 4.79 Å². The van der Waals surface area contributed by atoms with Crippen molar-refractivity contribution in [2.24, 2.45) is 0 Å². The Kier molecular flexibility index (Phi) is 4.57. The third-order valence-corrected chi connectivity index (χ3v) is 3.15. The number of nitrogens with one attached hydrogen (secondary N) is 2. The van der Waals surface area contributed by atoms with Crippen molar-refractivity contribution in [3.63, 3.8) is 0 Å². The van der Waals surface area contributed by atoms with Gasteiger partial charge in [0.15, 0.2) is 0 Å². The summed E-state index contributed by atoms with van der Waals surface area (Å²) >= 11 is 0. The molecule has 0 radical (unpaired) electrons. The van der Waals surface area contributed by atoms with Crippen molar-refractivity contribution < 1.29 is 4.79 Å². The zero-order valence-corrected chi connectivity index (χ0v) is 12.1. The summed E-state index contributed by atoms with van der Waals surface area (Å²) in [5.74, 6) is -0.219. The van der Waals surface area contributed by atoms with Gasteiger partial charge in [0.2, 0.25) is 0 Å². The van der Waals surface area contributed by atoms with Crippen LogP contribution in [-0.4, -0.2) is 12.5 Å². The third-order valence-electron chi connectivity index (χ3n) is 3.15. The summed E-state index contributed by atoms with van der Waals surface area (Å²) in [6, 6.07) is 14.5. The number of nitrogens with zero attached hydrogens (tertiary/aromatic N) is 1. The number of hydrogen-bond donors (Lipinski definition) is 2. The lowest BCUT2D eigenvalue weighted by atomic mass is 10.1. The van der Waals surface area contributed by atoms with Gasteiger partial charge >= 0.3 is 0 Å². The van der Waals surface area contributed by atoms with Crippen LogP contribution in [0, 0.1) is 18.3 Å². The fraction of sp³-hybridized carbons (Fsp3) is 0.176. The zero-order valence-electron chi connectivity index (χ0n) is 12.1. The molecular formula is C17H17N3O. The van der Waals surface area contributed by atoms with E-state index < -0.39 is 0 Å².